The van der Waals surface area contributed by atoms with Gasteiger partial charge in [0.2, 0.25) is 5.82 Å². The van der Waals surface area contributed by atoms with Gasteiger partial charge in [0, 0.05) is 18.7 Å². The first kappa shape index (κ1) is 15.8. The Hall–Kier alpha value is -2.12. The summed E-state index contributed by atoms with van der Waals surface area (Å²) in [5.74, 6) is 0.0448. The molecule has 0 bridgehead atoms. The van der Waals surface area contributed by atoms with Crippen LogP contribution < -0.4 is 10.1 Å². The molecule has 0 radical (unpaired) electrons. The van der Waals surface area contributed by atoms with E-state index in [2.05, 4.69) is 15.5 Å². The number of carbonyl (C=O) groups is 1. The molecule has 2 aromatic rings. The molecule has 3 rings (SSSR count). The second kappa shape index (κ2) is 7.43. The molecule has 2 heterocycles. The molecule has 1 atom stereocenters. The first-order valence-corrected chi connectivity index (χ1v) is 7.70. The van der Waals surface area contributed by atoms with Crippen LogP contribution in [0.3, 0.4) is 0 Å². The topological polar surface area (TPSA) is 86.5 Å². The molecule has 0 spiro atoms. The van der Waals surface area contributed by atoms with E-state index in [4.69, 9.17) is 25.6 Å². The first-order valence-electron chi connectivity index (χ1n) is 7.32. The predicted octanol–water partition coefficient (Wildman–Crippen LogP) is 2.06. The zero-order chi connectivity index (χ0) is 16.1. The highest BCUT2D eigenvalue weighted by atomic mass is 35.5. The molecule has 7 nitrogen and oxygen atoms in total. The smallest absolute Gasteiger partial charge is 0.418 e. The maximum absolute atomic E-state index is 11.7. The lowest BCUT2D eigenvalue weighted by atomic mass is 10.2. The molecule has 1 aliphatic heterocycles. The molecular weight excluding hydrogens is 322 g/mol. The molecular formula is C15H16ClN3O4. The Balaban J connectivity index is 1.49. The Labute approximate surface area is 137 Å². The Morgan fingerprint density at radius 1 is 1.43 bits per heavy atom. The fourth-order valence-electron chi connectivity index (χ4n) is 2.23. The molecule has 0 saturated carbocycles. The van der Waals surface area contributed by atoms with Crippen molar-refractivity contribution in [3.05, 3.63) is 29.3 Å². The maximum atomic E-state index is 11.7. The Morgan fingerprint density at radius 3 is 3.09 bits per heavy atom. The van der Waals surface area contributed by atoms with E-state index in [-0.39, 0.29) is 24.7 Å². The van der Waals surface area contributed by atoms with Crippen LogP contribution in [0.5, 0.6) is 6.08 Å². The number of rotatable bonds is 6. The largest absolute Gasteiger partial charge is 0.439 e. The number of carbonyl (C=O) groups excluding carboxylic acids is 1. The number of hydrogen-bond donors (Lipinski definition) is 1. The molecule has 1 aromatic carbocycles. The van der Waals surface area contributed by atoms with Crippen LogP contribution in [0.25, 0.3) is 11.4 Å². The second-order valence-electron chi connectivity index (χ2n) is 5.09. The van der Waals surface area contributed by atoms with E-state index in [0.29, 0.717) is 23.0 Å². The summed E-state index contributed by atoms with van der Waals surface area (Å²) < 4.78 is 15.6. The quantitative estimate of drug-likeness (QED) is 0.868. The fourth-order valence-corrected chi connectivity index (χ4v) is 2.45. The number of hydrogen-bond acceptors (Lipinski definition) is 6. The summed E-state index contributed by atoms with van der Waals surface area (Å²) in [7, 11) is 0. The maximum Gasteiger partial charge on any atom is 0.418 e. The third-order valence-corrected chi connectivity index (χ3v) is 3.73. The number of halogens is 1. The Bertz CT molecular complexity index is 670. The van der Waals surface area contributed by atoms with Gasteiger partial charge in [0.25, 0.3) is 5.91 Å². The van der Waals surface area contributed by atoms with Crippen LogP contribution >= 0.6 is 11.6 Å². The van der Waals surface area contributed by atoms with Gasteiger partial charge in [-0.1, -0.05) is 28.9 Å². The lowest BCUT2D eigenvalue weighted by Gasteiger charge is -2.10. The molecule has 1 fully saturated rings. The molecule has 1 unspecified atom stereocenters. The van der Waals surface area contributed by atoms with Gasteiger partial charge in [0.05, 0.1) is 11.1 Å². The molecule has 8 heteroatoms. The Morgan fingerprint density at radius 2 is 2.30 bits per heavy atom. The molecule has 1 saturated heterocycles. The second-order valence-corrected chi connectivity index (χ2v) is 5.50. The van der Waals surface area contributed by atoms with Crippen LogP contribution in [0.15, 0.2) is 28.8 Å². The summed E-state index contributed by atoms with van der Waals surface area (Å²) in [6, 6.07) is 7.12. The van der Waals surface area contributed by atoms with Crippen molar-refractivity contribution in [2.75, 3.05) is 19.8 Å². The lowest BCUT2D eigenvalue weighted by molar-refractivity contribution is -0.124. The van der Waals surface area contributed by atoms with Gasteiger partial charge in [-0.3, -0.25) is 9.32 Å². The van der Waals surface area contributed by atoms with Gasteiger partial charge in [0.15, 0.2) is 6.61 Å². The van der Waals surface area contributed by atoms with Gasteiger partial charge in [-0.05, 0) is 25.0 Å². The monoisotopic (exact) mass is 337 g/mol. The molecule has 0 aliphatic carbocycles. The van der Waals surface area contributed by atoms with Crippen LogP contribution in [0.2, 0.25) is 5.02 Å². The Kier molecular flexibility index (Phi) is 5.09. The number of amides is 1. The minimum Gasteiger partial charge on any atom is -0.439 e. The molecule has 1 aromatic heterocycles. The minimum absolute atomic E-state index is 0.0767. The highest BCUT2D eigenvalue weighted by molar-refractivity contribution is 6.33. The molecule has 23 heavy (non-hydrogen) atoms. The third kappa shape index (κ3) is 4.20. The summed E-state index contributed by atoms with van der Waals surface area (Å²) in [6.07, 6.45) is 2.01. The van der Waals surface area contributed by atoms with Crippen LogP contribution in [0.1, 0.15) is 12.8 Å². The summed E-state index contributed by atoms with van der Waals surface area (Å²) in [6.45, 7) is 1.04. The van der Waals surface area contributed by atoms with E-state index in [1.165, 1.54) is 0 Å². The van der Waals surface area contributed by atoms with Gasteiger partial charge in [-0.15, -0.1) is 0 Å². The predicted molar refractivity (Wildman–Crippen MR) is 82.2 cm³/mol. The van der Waals surface area contributed by atoms with E-state index in [9.17, 15) is 4.79 Å². The summed E-state index contributed by atoms with van der Waals surface area (Å²) in [5.41, 5.74) is 0.635. The van der Waals surface area contributed by atoms with Crippen molar-refractivity contribution in [2.24, 2.45) is 0 Å². The molecule has 1 N–H and O–H groups in total. The molecule has 1 aliphatic rings. The number of nitrogens with zero attached hydrogens (tertiary/aromatic N) is 2. The SMILES string of the molecule is O=C(COc1nc(-c2ccccc2Cl)no1)NCC1CCCO1. The highest BCUT2D eigenvalue weighted by Gasteiger charge is 2.17. The van der Waals surface area contributed by atoms with Crippen molar-refractivity contribution < 1.29 is 18.8 Å². The van der Waals surface area contributed by atoms with E-state index in [1.54, 1.807) is 12.1 Å². The van der Waals surface area contributed by atoms with Gasteiger partial charge in [-0.2, -0.15) is 4.98 Å². The van der Waals surface area contributed by atoms with Crippen molar-refractivity contribution in [3.63, 3.8) is 0 Å². The number of ether oxygens (including phenoxy) is 2. The standard InChI is InChI=1S/C15H16ClN3O4/c16-12-6-2-1-5-11(12)14-18-15(23-19-14)22-9-13(20)17-8-10-4-3-7-21-10/h1-2,5-6,10H,3-4,7-9H2,(H,17,20). The van der Waals surface area contributed by atoms with Gasteiger partial charge in [0.1, 0.15) is 0 Å². The van der Waals surface area contributed by atoms with Gasteiger partial charge < -0.3 is 14.8 Å². The highest BCUT2D eigenvalue weighted by Crippen LogP contribution is 2.26. The summed E-state index contributed by atoms with van der Waals surface area (Å²) in [5, 5.41) is 7.04. The average molecular weight is 338 g/mol. The molecule has 1 amide bonds. The van der Waals surface area contributed by atoms with Crippen molar-refractivity contribution >= 4 is 17.5 Å². The van der Waals surface area contributed by atoms with Gasteiger partial charge in [-0.25, -0.2) is 0 Å². The number of aromatic nitrogens is 2. The van der Waals surface area contributed by atoms with Crippen molar-refractivity contribution in [2.45, 2.75) is 18.9 Å². The van der Waals surface area contributed by atoms with Crippen molar-refractivity contribution in [1.29, 1.82) is 0 Å². The van der Waals surface area contributed by atoms with E-state index >= 15 is 0 Å². The molecule has 122 valence electrons. The van der Waals surface area contributed by atoms with Crippen LogP contribution in [0.4, 0.5) is 0 Å². The normalized spacial score (nSPS) is 17.2. The summed E-state index contributed by atoms with van der Waals surface area (Å²) in [4.78, 5) is 15.8. The van der Waals surface area contributed by atoms with E-state index in [1.807, 2.05) is 12.1 Å². The fraction of sp³-hybridized carbons (Fsp3) is 0.400. The van der Waals surface area contributed by atoms with Crippen molar-refractivity contribution in [1.82, 2.24) is 15.5 Å². The third-order valence-electron chi connectivity index (χ3n) is 3.40. The number of nitrogens with one attached hydrogen (secondary N) is 1. The lowest BCUT2D eigenvalue weighted by Crippen LogP contribution is -2.35. The summed E-state index contributed by atoms with van der Waals surface area (Å²) >= 11 is 6.06. The average Bonchev–Trinajstić information content (AvgIpc) is 3.23. The zero-order valence-corrected chi connectivity index (χ0v) is 13.1. The van der Waals surface area contributed by atoms with Crippen LogP contribution in [-0.4, -0.2) is 41.9 Å². The van der Waals surface area contributed by atoms with E-state index in [0.717, 1.165) is 19.4 Å². The zero-order valence-electron chi connectivity index (χ0n) is 12.3. The van der Waals surface area contributed by atoms with E-state index < -0.39 is 0 Å². The minimum atomic E-state index is -0.266. The van der Waals surface area contributed by atoms with Crippen LogP contribution in [0, 0.1) is 0 Å². The van der Waals surface area contributed by atoms with Crippen molar-refractivity contribution in [3.8, 4) is 17.5 Å². The first-order chi connectivity index (χ1) is 11.2. The van der Waals surface area contributed by atoms with Gasteiger partial charge >= 0.3 is 6.08 Å². The number of benzene rings is 1. The van der Waals surface area contributed by atoms with Crippen LogP contribution in [-0.2, 0) is 9.53 Å².